The van der Waals surface area contributed by atoms with Crippen LogP contribution in [-0.4, -0.2) is 40.4 Å². The smallest absolute Gasteiger partial charge is 0.341 e. The Kier molecular flexibility index (Phi) is 3.16. The van der Waals surface area contributed by atoms with Crippen molar-refractivity contribution in [2.75, 3.05) is 6.61 Å². The topological polar surface area (TPSA) is 70.9 Å². The summed E-state index contributed by atoms with van der Waals surface area (Å²) in [4.78, 5) is 14.7. The van der Waals surface area contributed by atoms with Gasteiger partial charge in [-0.1, -0.05) is 0 Å². The molecule has 84 valence electrons. The second kappa shape index (κ2) is 4.40. The van der Waals surface area contributed by atoms with E-state index in [4.69, 9.17) is 9.84 Å². The van der Waals surface area contributed by atoms with Crippen LogP contribution in [0.4, 0.5) is 0 Å². The van der Waals surface area contributed by atoms with Crippen molar-refractivity contribution in [3.8, 4) is 0 Å². The number of aliphatic carboxylic acids is 1. The van der Waals surface area contributed by atoms with Gasteiger partial charge in [-0.25, -0.2) is 9.79 Å². The number of fused-ring (bicyclic) bond motifs is 1. The second-order valence-electron chi connectivity index (χ2n) is 3.69. The minimum Gasteiger partial charge on any atom is -0.479 e. The Morgan fingerprint density at radius 2 is 2.60 bits per heavy atom. The largest absolute Gasteiger partial charge is 0.479 e. The number of ether oxygens (including phenoxy) is 1. The molecule has 3 unspecified atom stereocenters. The first-order valence-corrected chi connectivity index (χ1v) is 5.92. The maximum atomic E-state index is 10.3. The first-order valence-electron chi connectivity index (χ1n) is 4.98. The van der Waals surface area contributed by atoms with Crippen molar-refractivity contribution in [2.45, 2.75) is 36.6 Å². The average molecular weight is 230 g/mol. The van der Waals surface area contributed by atoms with Crippen LogP contribution in [0.2, 0.25) is 0 Å². The molecule has 1 saturated heterocycles. The molecule has 2 heterocycles. The number of aliphatic imine (C=N–C) groups is 1. The molecule has 5 nitrogen and oxygen atoms in total. The van der Waals surface area contributed by atoms with Gasteiger partial charge in [-0.05, 0) is 13.3 Å². The number of thioether (sulfide) groups is 1. The van der Waals surface area contributed by atoms with Crippen LogP contribution in [0.1, 0.15) is 19.8 Å². The number of nitrogens with zero attached hydrogens (tertiary/aromatic N) is 1. The van der Waals surface area contributed by atoms with E-state index in [1.165, 1.54) is 0 Å². The Balaban J connectivity index is 1.92. The molecule has 15 heavy (non-hydrogen) atoms. The molecular weight excluding hydrogens is 216 g/mol. The number of hydrogen-bond donors (Lipinski definition) is 2. The SMILES string of the molecule is CC1NC2CCC(OCC(=O)O)=NC2S1. The standard InChI is InChI=1S/C9H14N2O3S/c1-5-10-6-2-3-7(11-9(6)15-5)14-4-8(12)13/h5-6,9-10H,2-4H2,1H3,(H,12,13). The number of carbonyl (C=O) groups is 1. The predicted molar refractivity (Wildman–Crippen MR) is 58.0 cm³/mol. The van der Waals surface area contributed by atoms with Gasteiger partial charge in [-0.15, -0.1) is 11.8 Å². The summed E-state index contributed by atoms with van der Waals surface area (Å²) in [6.45, 7) is 1.82. The van der Waals surface area contributed by atoms with Crippen LogP contribution in [0.25, 0.3) is 0 Å². The van der Waals surface area contributed by atoms with Gasteiger partial charge in [0, 0.05) is 12.5 Å². The third kappa shape index (κ3) is 2.63. The Morgan fingerprint density at radius 1 is 1.80 bits per heavy atom. The van der Waals surface area contributed by atoms with E-state index in [-0.39, 0.29) is 12.0 Å². The van der Waals surface area contributed by atoms with E-state index in [0.29, 0.717) is 17.3 Å². The second-order valence-corrected chi connectivity index (χ2v) is 5.15. The van der Waals surface area contributed by atoms with Gasteiger partial charge in [0.25, 0.3) is 0 Å². The summed E-state index contributed by atoms with van der Waals surface area (Å²) in [5.41, 5.74) is 0. The average Bonchev–Trinajstić information content (AvgIpc) is 2.53. The molecule has 0 radical (unpaired) electrons. The van der Waals surface area contributed by atoms with Crippen molar-refractivity contribution >= 4 is 23.6 Å². The van der Waals surface area contributed by atoms with Gasteiger partial charge >= 0.3 is 5.97 Å². The van der Waals surface area contributed by atoms with Gasteiger partial charge in [0.15, 0.2) is 12.5 Å². The highest BCUT2D eigenvalue weighted by Gasteiger charge is 2.35. The molecule has 6 heteroatoms. The minimum atomic E-state index is -0.953. The van der Waals surface area contributed by atoms with E-state index >= 15 is 0 Å². The lowest BCUT2D eigenvalue weighted by Crippen LogP contribution is -2.35. The van der Waals surface area contributed by atoms with Crippen molar-refractivity contribution < 1.29 is 14.6 Å². The van der Waals surface area contributed by atoms with Gasteiger partial charge in [0.2, 0.25) is 0 Å². The van der Waals surface area contributed by atoms with E-state index < -0.39 is 5.97 Å². The van der Waals surface area contributed by atoms with Crippen molar-refractivity contribution in [1.82, 2.24) is 5.32 Å². The Bertz CT molecular complexity index is 295. The normalized spacial score (nSPS) is 34.5. The highest BCUT2D eigenvalue weighted by Crippen LogP contribution is 2.33. The summed E-state index contributed by atoms with van der Waals surface area (Å²) in [5.74, 6) is -0.368. The first kappa shape index (κ1) is 10.8. The van der Waals surface area contributed by atoms with Gasteiger partial charge in [-0.2, -0.15) is 0 Å². The van der Waals surface area contributed by atoms with Crippen LogP contribution in [0.5, 0.6) is 0 Å². The molecule has 0 aromatic heterocycles. The lowest BCUT2D eigenvalue weighted by Gasteiger charge is -2.21. The highest BCUT2D eigenvalue weighted by atomic mass is 32.2. The zero-order chi connectivity index (χ0) is 10.8. The lowest BCUT2D eigenvalue weighted by molar-refractivity contribution is -0.139. The molecule has 0 aromatic carbocycles. The molecule has 2 aliphatic heterocycles. The minimum absolute atomic E-state index is 0.192. The molecule has 2 aliphatic rings. The summed E-state index contributed by atoms with van der Waals surface area (Å²) < 4.78 is 5.10. The molecule has 0 spiro atoms. The van der Waals surface area contributed by atoms with Crippen LogP contribution in [0.3, 0.4) is 0 Å². The third-order valence-electron chi connectivity index (χ3n) is 2.44. The summed E-state index contributed by atoms with van der Waals surface area (Å²) in [6, 6.07) is 0.419. The van der Waals surface area contributed by atoms with E-state index in [2.05, 4.69) is 17.2 Å². The number of nitrogens with one attached hydrogen (secondary N) is 1. The highest BCUT2D eigenvalue weighted by molar-refractivity contribution is 8.00. The van der Waals surface area contributed by atoms with E-state index in [1.54, 1.807) is 11.8 Å². The van der Waals surface area contributed by atoms with Crippen LogP contribution in [0.15, 0.2) is 4.99 Å². The molecule has 2 rings (SSSR count). The Hall–Kier alpha value is -0.750. The van der Waals surface area contributed by atoms with Crippen molar-refractivity contribution in [2.24, 2.45) is 4.99 Å². The first-order chi connectivity index (χ1) is 7.15. The van der Waals surface area contributed by atoms with Crippen LogP contribution in [-0.2, 0) is 9.53 Å². The van der Waals surface area contributed by atoms with Gasteiger partial charge in [-0.3, -0.25) is 5.32 Å². The lowest BCUT2D eigenvalue weighted by atomic mass is 10.1. The fraction of sp³-hybridized carbons (Fsp3) is 0.778. The molecule has 2 N–H and O–H groups in total. The number of hydrogen-bond acceptors (Lipinski definition) is 5. The number of carboxylic acids is 1. The third-order valence-corrected chi connectivity index (χ3v) is 3.70. The maximum Gasteiger partial charge on any atom is 0.341 e. The number of carboxylic acid groups (broad SMARTS) is 1. The van der Waals surface area contributed by atoms with E-state index in [1.807, 2.05) is 0 Å². The van der Waals surface area contributed by atoms with Gasteiger partial charge < -0.3 is 9.84 Å². The zero-order valence-electron chi connectivity index (χ0n) is 8.47. The summed E-state index contributed by atoms with van der Waals surface area (Å²) in [7, 11) is 0. The monoisotopic (exact) mass is 230 g/mol. The molecular formula is C9H14N2O3S. The van der Waals surface area contributed by atoms with Crippen molar-refractivity contribution in [3.63, 3.8) is 0 Å². The summed E-state index contributed by atoms with van der Waals surface area (Å²) in [6.07, 6.45) is 1.70. The van der Waals surface area contributed by atoms with E-state index in [9.17, 15) is 4.79 Å². The summed E-state index contributed by atoms with van der Waals surface area (Å²) >= 11 is 1.76. The van der Waals surface area contributed by atoms with Gasteiger partial charge in [0.05, 0.1) is 5.37 Å². The molecule has 0 aliphatic carbocycles. The molecule has 0 bridgehead atoms. The van der Waals surface area contributed by atoms with Gasteiger partial charge in [0.1, 0.15) is 5.37 Å². The molecule has 3 atom stereocenters. The predicted octanol–water partition coefficient (Wildman–Crippen LogP) is 0.657. The maximum absolute atomic E-state index is 10.3. The fourth-order valence-electron chi connectivity index (χ4n) is 1.81. The molecule has 1 fully saturated rings. The molecule has 0 saturated carbocycles. The van der Waals surface area contributed by atoms with Crippen molar-refractivity contribution in [1.29, 1.82) is 0 Å². The van der Waals surface area contributed by atoms with Crippen LogP contribution in [0, 0.1) is 0 Å². The number of rotatable bonds is 2. The fourth-order valence-corrected chi connectivity index (χ4v) is 3.07. The summed E-state index contributed by atoms with van der Waals surface area (Å²) in [5, 5.41) is 12.5. The molecule has 0 amide bonds. The van der Waals surface area contributed by atoms with Crippen molar-refractivity contribution in [3.05, 3.63) is 0 Å². The Labute approximate surface area is 92.3 Å². The quantitative estimate of drug-likeness (QED) is 0.729. The van der Waals surface area contributed by atoms with Crippen LogP contribution >= 0.6 is 11.8 Å². The van der Waals surface area contributed by atoms with E-state index in [0.717, 1.165) is 12.8 Å². The van der Waals surface area contributed by atoms with Crippen LogP contribution < -0.4 is 5.32 Å². The molecule has 0 aromatic rings. The Morgan fingerprint density at radius 3 is 3.33 bits per heavy atom. The zero-order valence-corrected chi connectivity index (χ0v) is 9.29.